The van der Waals surface area contributed by atoms with Crippen LogP contribution in [0.3, 0.4) is 0 Å². The van der Waals surface area contributed by atoms with Crippen LogP contribution in [0.15, 0.2) is 0 Å². The van der Waals surface area contributed by atoms with Crippen LogP contribution in [-0.4, -0.2) is 16.5 Å². The fourth-order valence-corrected chi connectivity index (χ4v) is 2.23. The molecule has 0 amide bonds. The van der Waals surface area contributed by atoms with Crippen LogP contribution in [0.1, 0.15) is 36.1 Å². The van der Waals surface area contributed by atoms with E-state index in [4.69, 9.17) is 5.73 Å². The van der Waals surface area contributed by atoms with Crippen molar-refractivity contribution >= 4 is 0 Å². The van der Waals surface area contributed by atoms with Crippen LogP contribution in [0.5, 0.6) is 0 Å². The van der Waals surface area contributed by atoms with E-state index >= 15 is 0 Å². The molecule has 82 valence electrons. The Hall–Kier alpha value is -0.960. The molecular weight excluding hydrogens is 186 g/mol. The monoisotopic (exact) mass is 205 g/mol. The van der Waals surface area contributed by atoms with Crippen molar-refractivity contribution in [1.82, 2.24) is 9.97 Å². The van der Waals surface area contributed by atoms with E-state index in [0.717, 1.165) is 31.6 Å². The standard InChI is InChI=1S/C12H19N3/c1-8(7-13)6-12-10-4-3-5-11(10)14-9(2)15-12/h8H,3-7,13H2,1-2H3. The van der Waals surface area contributed by atoms with Crippen molar-refractivity contribution < 1.29 is 0 Å². The largest absolute Gasteiger partial charge is 0.330 e. The number of aryl methyl sites for hydroxylation is 2. The number of nitrogens with zero attached hydrogens (tertiary/aromatic N) is 2. The highest BCUT2D eigenvalue weighted by Gasteiger charge is 2.18. The van der Waals surface area contributed by atoms with Gasteiger partial charge in [-0.15, -0.1) is 0 Å². The van der Waals surface area contributed by atoms with E-state index in [1.807, 2.05) is 6.92 Å². The van der Waals surface area contributed by atoms with Gasteiger partial charge in [-0.2, -0.15) is 0 Å². The average Bonchev–Trinajstić information content (AvgIpc) is 2.65. The molecule has 2 N–H and O–H groups in total. The molecule has 0 aliphatic heterocycles. The minimum Gasteiger partial charge on any atom is -0.330 e. The lowest BCUT2D eigenvalue weighted by Gasteiger charge is -2.12. The van der Waals surface area contributed by atoms with Gasteiger partial charge in [0.05, 0.1) is 0 Å². The summed E-state index contributed by atoms with van der Waals surface area (Å²) < 4.78 is 0. The third-order valence-corrected chi connectivity index (χ3v) is 3.07. The lowest BCUT2D eigenvalue weighted by Crippen LogP contribution is -2.16. The Morgan fingerprint density at radius 1 is 1.33 bits per heavy atom. The number of rotatable bonds is 3. The molecule has 0 saturated carbocycles. The fourth-order valence-electron chi connectivity index (χ4n) is 2.23. The van der Waals surface area contributed by atoms with Crippen LogP contribution in [0.2, 0.25) is 0 Å². The summed E-state index contributed by atoms with van der Waals surface area (Å²) in [6.45, 7) is 4.89. The molecule has 0 fully saturated rings. The van der Waals surface area contributed by atoms with E-state index in [-0.39, 0.29) is 0 Å². The summed E-state index contributed by atoms with van der Waals surface area (Å²) >= 11 is 0. The third kappa shape index (κ3) is 2.17. The van der Waals surface area contributed by atoms with Crippen LogP contribution in [0.4, 0.5) is 0 Å². The Bertz CT molecular complexity index is 360. The summed E-state index contributed by atoms with van der Waals surface area (Å²) in [6, 6.07) is 0. The van der Waals surface area contributed by atoms with Gasteiger partial charge in [-0.3, -0.25) is 0 Å². The van der Waals surface area contributed by atoms with Crippen molar-refractivity contribution in [3.05, 3.63) is 22.8 Å². The molecule has 0 radical (unpaired) electrons. The van der Waals surface area contributed by atoms with Gasteiger partial charge in [-0.05, 0) is 50.6 Å². The molecule has 1 heterocycles. The summed E-state index contributed by atoms with van der Waals surface area (Å²) in [5.74, 6) is 1.43. The molecule has 0 spiro atoms. The fraction of sp³-hybridized carbons (Fsp3) is 0.667. The van der Waals surface area contributed by atoms with Crippen molar-refractivity contribution in [2.75, 3.05) is 6.54 Å². The summed E-state index contributed by atoms with van der Waals surface area (Å²) in [4.78, 5) is 9.07. The number of hydrogen-bond donors (Lipinski definition) is 1. The van der Waals surface area contributed by atoms with Gasteiger partial charge in [0, 0.05) is 11.4 Å². The average molecular weight is 205 g/mol. The zero-order valence-electron chi connectivity index (χ0n) is 9.58. The number of nitrogens with two attached hydrogens (primary N) is 1. The van der Waals surface area contributed by atoms with Gasteiger partial charge in [0.15, 0.2) is 0 Å². The first-order valence-corrected chi connectivity index (χ1v) is 5.76. The van der Waals surface area contributed by atoms with Crippen molar-refractivity contribution in [2.45, 2.75) is 39.5 Å². The second-order valence-electron chi connectivity index (χ2n) is 4.54. The third-order valence-electron chi connectivity index (χ3n) is 3.07. The molecule has 0 saturated heterocycles. The molecule has 1 unspecified atom stereocenters. The van der Waals surface area contributed by atoms with Crippen molar-refractivity contribution in [1.29, 1.82) is 0 Å². The molecule has 1 aromatic rings. The predicted molar refractivity (Wildman–Crippen MR) is 60.7 cm³/mol. The van der Waals surface area contributed by atoms with E-state index in [0.29, 0.717) is 5.92 Å². The van der Waals surface area contributed by atoms with Crippen molar-refractivity contribution in [3.8, 4) is 0 Å². The molecular formula is C12H19N3. The van der Waals surface area contributed by atoms with E-state index in [1.165, 1.54) is 23.4 Å². The second-order valence-corrected chi connectivity index (χ2v) is 4.54. The van der Waals surface area contributed by atoms with Gasteiger partial charge in [0.1, 0.15) is 5.82 Å². The summed E-state index contributed by atoms with van der Waals surface area (Å²) in [5, 5.41) is 0. The smallest absolute Gasteiger partial charge is 0.125 e. The number of fused-ring (bicyclic) bond motifs is 1. The Morgan fingerprint density at radius 3 is 2.87 bits per heavy atom. The SMILES string of the molecule is Cc1nc2c(c(CC(C)CN)n1)CCC2. The zero-order chi connectivity index (χ0) is 10.8. The molecule has 1 aliphatic rings. The van der Waals surface area contributed by atoms with Gasteiger partial charge >= 0.3 is 0 Å². The predicted octanol–water partition coefficient (Wildman–Crippen LogP) is 1.41. The highest BCUT2D eigenvalue weighted by Crippen LogP contribution is 2.24. The van der Waals surface area contributed by atoms with Crippen molar-refractivity contribution in [2.24, 2.45) is 11.7 Å². The van der Waals surface area contributed by atoms with Crippen LogP contribution < -0.4 is 5.73 Å². The molecule has 15 heavy (non-hydrogen) atoms. The lowest BCUT2D eigenvalue weighted by atomic mass is 10.0. The second kappa shape index (κ2) is 4.27. The quantitative estimate of drug-likeness (QED) is 0.811. The highest BCUT2D eigenvalue weighted by atomic mass is 14.9. The van der Waals surface area contributed by atoms with Crippen LogP contribution in [-0.2, 0) is 19.3 Å². The van der Waals surface area contributed by atoms with Gasteiger partial charge in [-0.1, -0.05) is 6.92 Å². The Kier molecular flexibility index (Phi) is 3.00. The first-order valence-electron chi connectivity index (χ1n) is 5.76. The molecule has 3 heteroatoms. The van der Waals surface area contributed by atoms with Crippen LogP contribution in [0.25, 0.3) is 0 Å². The minimum absolute atomic E-state index is 0.518. The molecule has 1 aliphatic carbocycles. The summed E-state index contributed by atoms with van der Waals surface area (Å²) in [7, 11) is 0. The maximum atomic E-state index is 5.66. The molecule has 0 bridgehead atoms. The Balaban J connectivity index is 2.30. The van der Waals surface area contributed by atoms with E-state index in [9.17, 15) is 0 Å². The Morgan fingerprint density at radius 2 is 2.13 bits per heavy atom. The maximum absolute atomic E-state index is 5.66. The summed E-state index contributed by atoms with van der Waals surface area (Å²) in [6.07, 6.45) is 4.52. The first kappa shape index (κ1) is 10.6. The molecule has 3 nitrogen and oxygen atoms in total. The highest BCUT2D eigenvalue weighted by molar-refractivity contribution is 5.30. The number of hydrogen-bond acceptors (Lipinski definition) is 3. The maximum Gasteiger partial charge on any atom is 0.125 e. The first-order chi connectivity index (χ1) is 7.20. The lowest BCUT2D eigenvalue weighted by molar-refractivity contribution is 0.578. The van der Waals surface area contributed by atoms with E-state index < -0.39 is 0 Å². The van der Waals surface area contributed by atoms with Crippen LogP contribution >= 0.6 is 0 Å². The summed E-state index contributed by atoms with van der Waals surface area (Å²) in [5.41, 5.74) is 9.59. The topological polar surface area (TPSA) is 51.8 Å². The van der Waals surface area contributed by atoms with Gasteiger partial charge in [0.2, 0.25) is 0 Å². The zero-order valence-corrected chi connectivity index (χ0v) is 9.58. The molecule has 1 aromatic heterocycles. The van der Waals surface area contributed by atoms with Gasteiger partial charge < -0.3 is 5.73 Å². The van der Waals surface area contributed by atoms with E-state index in [1.54, 1.807) is 0 Å². The van der Waals surface area contributed by atoms with Gasteiger partial charge in [-0.25, -0.2) is 9.97 Å². The normalized spacial score (nSPS) is 16.5. The molecule has 2 rings (SSSR count). The van der Waals surface area contributed by atoms with Gasteiger partial charge in [0.25, 0.3) is 0 Å². The van der Waals surface area contributed by atoms with Crippen molar-refractivity contribution in [3.63, 3.8) is 0 Å². The minimum atomic E-state index is 0.518. The van der Waals surface area contributed by atoms with Crippen LogP contribution in [0, 0.1) is 12.8 Å². The number of aromatic nitrogens is 2. The van der Waals surface area contributed by atoms with E-state index in [2.05, 4.69) is 16.9 Å². The Labute approximate surface area is 91.1 Å². The molecule has 0 aromatic carbocycles. The molecule has 1 atom stereocenters.